The highest BCUT2D eigenvalue weighted by Crippen LogP contribution is 2.43. The van der Waals surface area contributed by atoms with E-state index in [1.807, 2.05) is 36.5 Å². The van der Waals surface area contributed by atoms with Crippen LogP contribution < -0.4 is 11.2 Å². The summed E-state index contributed by atoms with van der Waals surface area (Å²) in [5.74, 6) is -0.752. The van der Waals surface area contributed by atoms with Gasteiger partial charge in [-0.15, -0.1) is 0 Å². The van der Waals surface area contributed by atoms with Crippen molar-refractivity contribution in [3.05, 3.63) is 54.6 Å². The molecule has 1 amide bonds. The van der Waals surface area contributed by atoms with Gasteiger partial charge >= 0.3 is 0 Å². The predicted molar refractivity (Wildman–Crippen MR) is 161 cm³/mol. The molecule has 0 atom stereocenters. The fourth-order valence-corrected chi connectivity index (χ4v) is 6.57. The number of nitrogens with zero attached hydrogens (tertiary/aromatic N) is 5. The summed E-state index contributed by atoms with van der Waals surface area (Å²) in [6, 6.07) is 9.65. The van der Waals surface area contributed by atoms with Crippen LogP contribution in [-0.4, -0.2) is 91.2 Å². The van der Waals surface area contributed by atoms with E-state index in [1.54, 1.807) is 24.2 Å². The second kappa shape index (κ2) is 13.4. The molecular weight excluding hydrogens is 590 g/mol. The van der Waals surface area contributed by atoms with Gasteiger partial charge in [-0.2, -0.15) is 14.7 Å². The van der Waals surface area contributed by atoms with Gasteiger partial charge in [0, 0.05) is 43.7 Å². The summed E-state index contributed by atoms with van der Waals surface area (Å²) >= 11 is 0. The Morgan fingerprint density at radius 1 is 1.05 bits per heavy atom. The van der Waals surface area contributed by atoms with E-state index >= 15 is 0 Å². The number of aromatic nitrogens is 5. The summed E-state index contributed by atoms with van der Waals surface area (Å²) in [4.78, 5) is 23.4. The lowest BCUT2D eigenvalue weighted by molar-refractivity contribution is -0.168. The number of hydrogen-bond donors (Lipinski definition) is 2. The number of carbonyl (C=O) groups is 1. The average Bonchev–Trinajstić information content (AvgIpc) is 3.67. The number of methoxy groups -OCH3 is 2. The number of sulfone groups is 1. The summed E-state index contributed by atoms with van der Waals surface area (Å²) in [6.45, 7) is 1.00. The number of fused-ring (bicyclic) bond motifs is 1. The van der Waals surface area contributed by atoms with Crippen LogP contribution in [0.4, 0.5) is 5.82 Å². The van der Waals surface area contributed by atoms with Gasteiger partial charge in [-0.25, -0.2) is 23.6 Å². The van der Waals surface area contributed by atoms with Crippen LogP contribution in [0.5, 0.6) is 0 Å². The lowest BCUT2D eigenvalue weighted by Gasteiger charge is -2.38. The molecule has 14 nitrogen and oxygen atoms in total. The first-order chi connectivity index (χ1) is 21.2. The number of benzene rings is 1. The Kier molecular flexibility index (Phi) is 9.60. The van der Waals surface area contributed by atoms with Crippen molar-refractivity contribution in [2.24, 2.45) is 0 Å². The van der Waals surface area contributed by atoms with Crippen molar-refractivity contribution >= 4 is 27.2 Å². The third kappa shape index (κ3) is 6.46. The molecule has 44 heavy (non-hydrogen) atoms. The predicted octanol–water partition coefficient (Wildman–Crippen LogP) is 2.32. The zero-order chi connectivity index (χ0) is 31.3. The third-order valence-corrected chi connectivity index (χ3v) is 8.92. The minimum Gasteiger partial charge on any atom is -0.382 e. The normalized spacial score (nSPS) is 18.9. The Hall–Kier alpha value is -3.89. The minimum absolute atomic E-state index is 0.0216. The highest BCUT2D eigenvalue weighted by Gasteiger charge is 2.45. The molecule has 5 rings (SSSR count). The van der Waals surface area contributed by atoms with Crippen molar-refractivity contribution in [1.82, 2.24) is 29.9 Å². The molecule has 0 aliphatic heterocycles. The van der Waals surface area contributed by atoms with Crippen LogP contribution in [0, 0.1) is 0 Å². The monoisotopic (exact) mass is 627 g/mol. The quantitative estimate of drug-likeness (QED) is 0.164. The van der Waals surface area contributed by atoms with Gasteiger partial charge in [-0.3, -0.25) is 9.63 Å². The molecule has 4 aromatic rings. The standard InChI is InChI=1S/C29H37N7O7S/c1-40-13-15-42-29(28(37)34-43-16-14-41-2)11-9-20(10-12-29)24-25(44(3,38)39)26(30)36-27(33-24)23(18-32-36)21-17-31-35(19-21)22-7-5-4-6-8-22/h4-8,17-20H,9-16,30H2,1-3H3,(H,34,37)/t20-,29-. The van der Waals surface area contributed by atoms with Gasteiger partial charge in [0.05, 0.1) is 50.2 Å². The Morgan fingerprint density at radius 2 is 1.75 bits per heavy atom. The van der Waals surface area contributed by atoms with Gasteiger partial charge in [-0.05, 0) is 37.8 Å². The van der Waals surface area contributed by atoms with Gasteiger partial charge in [-0.1, -0.05) is 18.2 Å². The molecule has 1 aliphatic carbocycles. The molecule has 0 unspecified atom stereocenters. The van der Waals surface area contributed by atoms with Gasteiger partial charge in [0.25, 0.3) is 5.91 Å². The van der Waals surface area contributed by atoms with E-state index in [0.29, 0.717) is 55.8 Å². The fraction of sp³-hybridized carbons (Fsp3) is 0.448. The van der Waals surface area contributed by atoms with Crippen LogP contribution in [0.15, 0.2) is 53.8 Å². The van der Waals surface area contributed by atoms with Crippen molar-refractivity contribution in [2.45, 2.75) is 42.1 Å². The van der Waals surface area contributed by atoms with E-state index in [1.165, 1.54) is 11.6 Å². The van der Waals surface area contributed by atoms with Crippen molar-refractivity contribution in [3.8, 4) is 16.8 Å². The number of amides is 1. The maximum Gasteiger partial charge on any atom is 0.275 e. The summed E-state index contributed by atoms with van der Waals surface area (Å²) in [5, 5.41) is 8.87. The number of hydrogen-bond acceptors (Lipinski definition) is 11. The van der Waals surface area contributed by atoms with E-state index in [0.717, 1.165) is 17.5 Å². The number of ether oxygens (including phenoxy) is 3. The fourth-order valence-electron chi connectivity index (χ4n) is 5.51. The van der Waals surface area contributed by atoms with E-state index < -0.39 is 21.3 Å². The molecular formula is C29H37N7O7S. The molecule has 1 fully saturated rings. The lowest BCUT2D eigenvalue weighted by Crippen LogP contribution is -2.51. The van der Waals surface area contributed by atoms with E-state index in [2.05, 4.69) is 15.7 Å². The largest absolute Gasteiger partial charge is 0.382 e. The lowest BCUT2D eigenvalue weighted by atomic mass is 9.76. The number of para-hydroxylation sites is 1. The molecule has 1 aromatic carbocycles. The van der Waals surface area contributed by atoms with Crippen LogP contribution in [0.3, 0.4) is 0 Å². The van der Waals surface area contributed by atoms with Crippen molar-refractivity contribution in [3.63, 3.8) is 0 Å². The summed E-state index contributed by atoms with van der Waals surface area (Å²) in [7, 11) is -0.706. The number of carbonyl (C=O) groups excluding carboxylic acids is 1. The zero-order valence-electron chi connectivity index (χ0n) is 24.9. The topological polar surface area (TPSA) is 174 Å². The van der Waals surface area contributed by atoms with Gasteiger partial charge in [0.2, 0.25) is 0 Å². The summed E-state index contributed by atoms with van der Waals surface area (Å²) in [6.07, 6.45) is 7.69. The Morgan fingerprint density at radius 3 is 2.43 bits per heavy atom. The van der Waals surface area contributed by atoms with Crippen molar-refractivity contribution in [1.29, 1.82) is 0 Å². The van der Waals surface area contributed by atoms with Crippen LogP contribution in [0.25, 0.3) is 22.5 Å². The second-order valence-electron chi connectivity index (χ2n) is 10.7. The molecule has 3 heterocycles. The molecule has 1 saturated carbocycles. The minimum atomic E-state index is -3.80. The molecule has 3 aromatic heterocycles. The highest BCUT2D eigenvalue weighted by atomic mass is 32.2. The number of nitrogen functional groups attached to an aromatic ring is 1. The summed E-state index contributed by atoms with van der Waals surface area (Å²) < 4.78 is 45.4. The van der Waals surface area contributed by atoms with E-state index in [9.17, 15) is 13.2 Å². The Balaban J connectivity index is 1.48. The van der Waals surface area contributed by atoms with E-state index in [4.69, 9.17) is 29.8 Å². The number of anilines is 1. The molecule has 0 radical (unpaired) electrons. The van der Waals surface area contributed by atoms with Crippen LogP contribution in [0.1, 0.15) is 37.3 Å². The van der Waals surface area contributed by atoms with Crippen LogP contribution in [0.2, 0.25) is 0 Å². The summed E-state index contributed by atoms with van der Waals surface area (Å²) in [5.41, 5.74) is 10.8. The third-order valence-electron chi connectivity index (χ3n) is 7.76. The first-order valence-electron chi connectivity index (χ1n) is 14.2. The smallest absolute Gasteiger partial charge is 0.275 e. The Labute approximate surface area is 255 Å². The number of rotatable bonds is 13. The first-order valence-corrected chi connectivity index (χ1v) is 16.1. The van der Waals surface area contributed by atoms with Crippen molar-refractivity contribution < 1.29 is 32.3 Å². The van der Waals surface area contributed by atoms with Gasteiger partial charge in [0.1, 0.15) is 16.3 Å². The average molecular weight is 628 g/mol. The molecule has 236 valence electrons. The maximum atomic E-state index is 13.3. The van der Waals surface area contributed by atoms with Crippen molar-refractivity contribution in [2.75, 3.05) is 52.6 Å². The van der Waals surface area contributed by atoms with Gasteiger partial charge < -0.3 is 19.9 Å². The maximum absolute atomic E-state index is 13.3. The van der Waals surface area contributed by atoms with E-state index in [-0.39, 0.29) is 29.8 Å². The second-order valence-corrected chi connectivity index (χ2v) is 12.6. The number of hydroxylamine groups is 1. The zero-order valence-corrected chi connectivity index (χ0v) is 25.7. The molecule has 15 heteroatoms. The SMILES string of the molecule is COCCONC(=O)[C@]1(OCCOC)CC[C@H](c2nc3c(-c4cnn(-c5ccccc5)c4)cnn3c(N)c2S(C)(=O)=O)CC1. The molecule has 0 saturated heterocycles. The number of nitrogens with two attached hydrogens (primary N) is 1. The molecule has 0 spiro atoms. The van der Waals surface area contributed by atoms with Crippen LogP contribution >= 0.6 is 0 Å². The number of nitrogens with one attached hydrogen (secondary N) is 1. The van der Waals surface area contributed by atoms with Crippen LogP contribution in [-0.2, 0) is 33.7 Å². The molecule has 1 aliphatic rings. The molecule has 0 bridgehead atoms. The molecule has 3 N–H and O–H groups in total. The van der Waals surface area contributed by atoms with Gasteiger partial charge in [0.15, 0.2) is 15.5 Å². The first kappa shape index (κ1) is 31.5. The Bertz CT molecular complexity index is 1700. The highest BCUT2D eigenvalue weighted by molar-refractivity contribution is 7.91.